The molecule has 0 spiro atoms. The molecule has 1 saturated carbocycles. The molecule has 244 valence electrons. The highest BCUT2D eigenvalue weighted by molar-refractivity contribution is 6.01. The Morgan fingerprint density at radius 3 is 2.37 bits per heavy atom. The number of alkyl halides is 6. The summed E-state index contributed by atoms with van der Waals surface area (Å²) >= 11 is 0. The summed E-state index contributed by atoms with van der Waals surface area (Å²) in [6.07, 6.45) is -5.96. The van der Waals surface area contributed by atoms with E-state index in [1.807, 2.05) is 12.1 Å². The first-order chi connectivity index (χ1) is 21.4. The number of benzene rings is 1. The molecule has 1 aromatic carbocycles. The van der Waals surface area contributed by atoms with Gasteiger partial charge in [0.1, 0.15) is 12.1 Å². The third kappa shape index (κ3) is 6.44. The molecule has 16 heteroatoms. The maximum atomic E-state index is 14.1. The molecule has 1 aromatic heterocycles. The van der Waals surface area contributed by atoms with Gasteiger partial charge >= 0.3 is 12.4 Å². The van der Waals surface area contributed by atoms with Crippen molar-refractivity contribution in [2.45, 2.75) is 64.5 Å². The van der Waals surface area contributed by atoms with Gasteiger partial charge in [0.25, 0.3) is 0 Å². The van der Waals surface area contributed by atoms with Crippen LogP contribution in [0.1, 0.15) is 51.7 Å². The number of hydrazine groups is 2. The van der Waals surface area contributed by atoms with E-state index >= 15 is 0 Å². The summed E-state index contributed by atoms with van der Waals surface area (Å²) in [5.74, 6) is -0.829. The van der Waals surface area contributed by atoms with Gasteiger partial charge in [-0.25, -0.2) is 4.99 Å². The first-order valence-electron chi connectivity index (χ1n) is 13.9. The number of aliphatic imine (C=N–C) groups is 1. The summed E-state index contributed by atoms with van der Waals surface area (Å²) in [5, 5.41) is 26.5. The van der Waals surface area contributed by atoms with Crippen LogP contribution in [0.5, 0.6) is 0 Å². The van der Waals surface area contributed by atoms with E-state index in [-0.39, 0.29) is 63.2 Å². The van der Waals surface area contributed by atoms with Crippen molar-refractivity contribution < 1.29 is 30.7 Å². The molecule has 4 N–H and O–H groups in total. The first kappa shape index (κ1) is 34.1. The highest BCUT2D eigenvalue weighted by Gasteiger charge is 2.67. The highest BCUT2D eigenvalue weighted by Crippen LogP contribution is 2.53. The summed E-state index contributed by atoms with van der Waals surface area (Å²) < 4.78 is 96.5. The van der Waals surface area contributed by atoms with Crippen molar-refractivity contribution in [3.63, 3.8) is 0 Å². The van der Waals surface area contributed by atoms with Crippen molar-refractivity contribution in [1.82, 2.24) is 21.0 Å². The highest BCUT2D eigenvalue weighted by atomic mass is 19.4. The predicted octanol–water partition coefficient (Wildman–Crippen LogP) is 6.87. The van der Waals surface area contributed by atoms with Crippen molar-refractivity contribution in [2.75, 3.05) is 17.2 Å². The predicted molar refractivity (Wildman–Crippen MR) is 158 cm³/mol. The van der Waals surface area contributed by atoms with Crippen LogP contribution in [0.2, 0.25) is 0 Å². The Balaban J connectivity index is 1.82. The lowest BCUT2D eigenvalue weighted by Gasteiger charge is -2.29. The molecule has 2 aliphatic rings. The molecule has 0 unspecified atom stereocenters. The largest absolute Gasteiger partial charge is 0.413 e. The molecule has 1 atom stereocenters. The van der Waals surface area contributed by atoms with E-state index in [1.165, 1.54) is 32.2 Å². The lowest BCUT2D eigenvalue weighted by Crippen LogP contribution is -2.52. The molecule has 1 aliphatic carbocycles. The van der Waals surface area contributed by atoms with Gasteiger partial charge in [-0.2, -0.15) is 41.3 Å². The number of nitriles is 2. The standard InChI is InChI=1S/C30H30F7N9/c1-6-23(31)42-17(3)16(2)24(22-14-46(45-44-22)28(7-8-28)30(35,36)37)43-20-9-18(11-38)25-21(10-20)26(19(12-39)13-40-25)41-15-27(4,5)29(32,33)34/h6,9-10,13-14,24,43-45H,2,7-8,15H2,1,3-5H3,(H,40,41)/b23-6-,42-17-/t24-/m0/s1. The fraction of sp³-hybridized carbons (Fsp3) is 0.400. The minimum absolute atomic E-state index is 0.000139. The number of anilines is 2. The third-order valence-corrected chi connectivity index (χ3v) is 7.94. The number of halogens is 7. The van der Waals surface area contributed by atoms with Crippen LogP contribution >= 0.6 is 0 Å². The van der Waals surface area contributed by atoms with Crippen LogP contribution < -0.4 is 21.6 Å². The monoisotopic (exact) mass is 649 g/mol. The minimum Gasteiger partial charge on any atom is -0.382 e. The van der Waals surface area contributed by atoms with Crippen LogP contribution in [0.25, 0.3) is 10.9 Å². The van der Waals surface area contributed by atoms with Gasteiger partial charge in [0.15, 0.2) is 5.54 Å². The first-order valence-corrected chi connectivity index (χ1v) is 13.9. The Hall–Kier alpha value is -4.83. The number of allylic oxidation sites excluding steroid dienone is 1. The van der Waals surface area contributed by atoms with Crippen molar-refractivity contribution in [1.29, 1.82) is 10.5 Å². The quantitative estimate of drug-likeness (QED) is 0.125. The molecule has 0 saturated heterocycles. The summed E-state index contributed by atoms with van der Waals surface area (Å²) in [4.78, 5) is 8.02. The molecule has 0 bridgehead atoms. The van der Waals surface area contributed by atoms with Crippen LogP contribution in [-0.4, -0.2) is 46.2 Å². The fourth-order valence-corrected chi connectivity index (χ4v) is 4.67. The zero-order chi connectivity index (χ0) is 34.2. The SMILES string of the molecule is C=C(/C(C)=N\C(F)=C/C)[C@H](Nc1cc(C#N)c2ncc(C#N)c(NCC(C)(C)C(F)(F)F)c2c1)C1=CN(C2(C(F)(F)F)CC2)NN1. The van der Waals surface area contributed by atoms with Gasteiger partial charge < -0.3 is 16.1 Å². The Labute approximate surface area is 260 Å². The molecule has 2 heterocycles. The maximum Gasteiger partial charge on any atom is 0.413 e. The lowest BCUT2D eigenvalue weighted by atomic mass is 9.92. The molecular weight excluding hydrogens is 619 g/mol. The number of nitrogens with zero attached hydrogens (tertiary/aromatic N) is 5. The summed E-state index contributed by atoms with van der Waals surface area (Å²) in [6, 6.07) is 5.61. The van der Waals surface area contributed by atoms with Crippen LogP contribution in [0.15, 0.2) is 59.4 Å². The van der Waals surface area contributed by atoms with E-state index in [1.54, 1.807) is 0 Å². The Kier molecular flexibility index (Phi) is 9.01. The van der Waals surface area contributed by atoms with Crippen molar-refractivity contribution in [2.24, 2.45) is 10.4 Å². The van der Waals surface area contributed by atoms with Crippen LogP contribution in [0.4, 0.5) is 42.1 Å². The second kappa shape index (κ2) is 12.2. The Morgan fingerprint density at radius 1 is 1.17 bits per heavy atom. The van der Waals surface area contributed by atoms with Crippen LogP contribution in [-0.2, 0) is 0 Å². The average Bonchev–Trinajstić information content (AvgIpc) is 3.68. The number of rotatable bonds is 10. The number of pyridine rings is 1. The van der Waals surface area contributed by atoms with Crippen molar-refractivity contribution >= 4 is 28.0 Å². The number of fused-ring (bicyclic) bond motifs is 1. The summed E-state index contributed by atoms with van der Waals surface area (Å²) in [6.45, 7) is 8.22. The van der Waals surface area contributed by atoms with Gasteiger partial charge in [0.05, 0.1) is 39.5 Å². The molecule has 0 amide bonds. The normalized spacial score (nSPS) is 17.5. The Bertz CT molecular complexity index is 1720. The number of hydrogen-bond acceptors (Lipinski definition) is 9. The van der Waals surface area contributed by atoms with Gasteiger partial charge in [-0.15, -0.1) is 5.53 Å². The second-order valence-corrected chi connectivity index (χ2v) is 11.6. The van der Waals surface area contributed by atoms with Crippen molar-refractivity contribution in [3.8, 4) is 12.1 Å². The van der Waals surface area contributed by atoms with E-state index in [0.29, 0.717) is 0 Å². The van der Waals surface area contributed by atoms with E-state index < -0.39 is 41.8 Å². The molecule has 4 rings (SSSR count). The van der Waals surface area contributed by atoms with E-state index in [4.69, 9.17) is 0 Å². The van der Waals surface area contributed by atoms with Gasteiger partial charge in [0, 0.05) is 35.7 Å². The number of hydrogen-bond donors (Lipinski definition) is 4. The second-order valence-electron chi connectivity index (χ2n) is 11.6. The Morgan fingerprint density at radius 2 is 1.83 bits per heavy atom. The van der Waals surface area contributed by atoms with Gasteiger partial charge in [-0.1, -0.05) is 6.58 Å². The third-order valence-electron chi connectivity index (χ3n) is 7.94. The number of nitrogens with one attached hydrogen (secondary N) is 4. The molecule has 0 radical (unpaired) electrons. The summed E-state index contributed by atoms with van der Waals surface area (Å²) in [5.41, 5.74) is 1.44. The molecule has 1 fully saturated rings. The van der Waals surface area contributed by atoms with E-state index in [9.17, 15) is 41.3 Å². The number of aromatic nitrogens is 1. The fourth-order valence-electron chi connectivity index (χ4n) is 4.67. The smallest absolute Gasteiger partial charge is 0.382 e. The molecule has 1 aliphatic heterocycles. The average molecular weight is 650 g/mol. The zero-order valence-corrected chi connectivity index (χ0v) is 25.2. The van der Waals surface area contributed by atoms with Crippen molar-refractivity contribution in [3.05, 3.63) is 65.5 Å². The molecule has 2 aromatic rings. The van der Waals surface area contributed by atoms with Gasteiger partial charge in [-0.3, -0.25) is 9.99 Å². The molecular formula is C30H30F7N9. The van der Waals surface area contributed by atoms with E-state index in [2.05, 4.69) is 38.1 Å². The molecule has 9 nitrogen and oxygen atoms in total. The minimum atomic E-state index is -4.57. The van der Waals surface area contributed by atoms with Gasteiger partial charge in [0.2, 0.25) is 5.95 Å². The topological polar surface area (TPSA) is 124 Å². The van der Waals surface area contributed by atoms with Gasteiger partial charge in [-0.05, 0) is 64.3 Å². The van der Waals surface area contributed by atoms with Crippen LogP contribution in [0, 0.1) is 28.1 Å². The van der Waals surface area contributed by atoms with Crippen LogP contribution in [0.3, 0.4) is 0 Å². The lowest BCUT2D eigenvalue weighted by molar-refractivity contribution is -0.206. The zero-order valence-electron chi connectivity index (χ0n) is 25.2. The van der Waals surface area contributed by atoms with E-state index in [0.717, 1.165) is 31.1 Å². The molecule has 46 heavy (non-hydrogen) atoms. The summed E-state index contributed by atoms with van der Waals surface area (Å²) in [7, 11) is 0. The maximum absolute atomic E-state index is 14.1.